The van der Waals surface area contributed by atoms with Crippen molar-refractivity contribution in [2.45, 2.75) is 19.4 Å². The van der Waals surface area contributed by atoms with Crippen LogP contribution in [0.4, 0.5) is 11.4 Å². The minimum atomic E-state index is -0.311. The summed E-state index contributed by atoms with van der Waals surface area (Å²) in [5, 5.41) is 9.91. The number of aromatic nitrogens is 4. The van der Waals surface area contributed by atoms with E-state index in [1.807, 2.05) is 6.07 Å². The van der Waals surface area contributed by atoms with Gasteiger partial charge in [0.05, 0.1) is 12.5 Å². The van der Waals surface area contributed by atoms with Gasteiger partial charge in [0.25, 0.3) is 5.56 Å². The molecule has 0 atom stereocenters. The van der Waals surface area contributed by atoms with Gasteiger partial charge in [-0.1, -0.05) is 6.07 Å². The molecule has 2 aromatic heterocycles. The molecule has 1 aliphatic heterocycles. The van der Waals surface area contributed by atoms with Crippen molar-refractivity contribution >= 4 is 34.2 Å². The molecule has 0 saturated heterocycles. The highest BCUT2D eigenvalue weighted by Crippen LogP contribution is 2.25. The summed E-state index contributed by atoms with van der Waals surface area (Å²) in [7, 11) is 0. The third-order valence-corrected chi connectivity index (χ3v) is 4.02. The molecule has 0 unspecified atom stereocenters. The molecule has 3 aromatic rings. The predicted molar refractivity (Wildman–Crippen MR) is 90.2 cm³/mol. The molecular weight excluding hydrogens is 324 g/mol. The van der Waals surface area contributed by atoms with Crippen LogP contribution in [0.25, 0.3) is 11.0 Å². The summed E-state index contributed by atoms with van der Waals surface area (Å²) in [4.78, 5) is 41.9. The van der Waals surface area contributed by atoms with Gasteiger partial charge in [0, 0.05) is 17.8 Å². The number of carbonyl (C=O) groups excluding carboxylic acids is 2. The first-order chi connectivity index (χ1) is 12.1. The Hall–Kier alpha value is -3.49. The molecule has 3 heterocycles. The lowest BCUT2D eigenvalue weighted by Gasteiger charge is -2.17. The molecule has 0 aliphatic carbocycles. The number of nitrogens with one attached hydrogen (secondary N) is 3. The van der Waals surface area contributed by atoms with Crippen LogP contribution in [0.5, 0.6) is 0 Å². The Labute approximate surface area is 141 Å². The average Bonchev–Trinajstić information content (AvgIpc) is 2.99. The van der Waals surface area contributed by atoms with Crippen molar-refractivity contribution < 1.29 is 9.59 Å². The quantitative estimate of drug-likeness (QED) is 0.647. The molecule has 0 saturated carbocycles. The van der Waals surface area contributed by atoms with Gasteiger partial charge in [-0.3, -0.25) is 14.4 Å². The van der Waals surface area contributed by atoms with E-state index in [9.17, 15) is 14.4 Å². The van der Waals surface area contributed by atoms with Gasteiger partial charge in [-0.05, 0) is 24.1 Å². The van der Waals surface area contributed by atoms with Crippen LogP contribution in [0.2, 0.25) is 0 Å². The molecule has 1 aliphatic rings. The fraction of sp³-hybridized carbons (Fsp3) is 0.188. The van der Waals surface area contributed by atoms with Crippen LogP contribution in [0.15, 0.2) is 35.5 Å². The van der Waals surface area contributed by atoms with Crippen molar-refractivity contribution in [3.05, 3.63) is 46.6 Å². The second-order valence-corrected chi connectivity index (χ2v) is 5.74. The fourth-order valence-corrected chi connectivity index (χ4v) is 2.81. The van der Waals surface area contributed by atoms with Gasteiger partial charge in [-0.15, -0.1) is 0 Å². The van der Waals surface area contributed by atoms with E-state index >= 15 is 0 Å². The van der Waals surface area contributed by atoms with Crippen molar-refractivity contribution in [3.8, 4) is 0 Å². The van der Waals surface area contributed by atoms with Gasteiger partial charge in [0.2, 0.25) is 11.8 Å². The average molecular weight is 338 g/mol. The van der Waals surface area contributed by atoms with Gasteiger partial charge in [-0.25, -0.2) is 9.67 Å². The summed E-state index contributed by atoms with van der Waals surface area (Å²) >= 11 is 0. The lowest BCUT2D eigenvalue weighted by Crippen LogP contribution is -2.21. The Morgan fingerprint density at radius 3 is 3.04 bits per heavy atom. The number of hydrogen-bond acceptors (Lipinski definition) is 5. The summed E-state index contributed by atoms with van der Waals surface area (Å²) in [6, 6.07) is 5.40. The lowest BCUT2D eigenvalue weighted by molar-refractivity contribution is -0.117. The minimum Gasteiger partial charge on any atom is -0.326 e. The molecule has 9 nitrogen and oxygen atoms in total. The molecule has 1 aromatic carbocycles. The number of nitrogens with zero attached hydrogens (tertiary/aromatic N) is 3. The van der Waals surface area contributed by atoms with Crippen molar-refractivity contribution in [2.24, 2.45) is 0 Å². The van der Waals surface area contributed by atoms with Gasteiger partial charge in [0.15, 0.2) is 5.65 Å². The number of rotatable bonds is 3. The first-order valence-corrected chi connectivity index (χ1v) is 7.72. The highest BCUT2D eigenvalue weighted by atomic mass is 16.2. The zero-order chi connectivity index (χ0) is 17.4. The number of benzene rings is 1. The van der Waals surface area contributed by atoms with E-state index in [0.29, 0.717) is 35.2 Å². The van der Waals surface area contributed by atoms with E-state index in [0.717, 1.165) is 5.56 Å². The smallest absolute Gasteiger partial charge is 0.261 e. The Bertz CT molecular complexity index is 1050. The van der Waals surface area contributed by atoms with Crippen LogP contribution in [0.3, 0.4) is 0 Å². The minimum absolute atomic E-state index is 0.0321. The zero-order valence-electron chi connectivity index (χ0n) is 13.1. The van der Waals surface area contributed by atoms with Gasteiger partial charge in [-0.2, -0.15) is 5.10 Å². The summed E-state index contributed by atoms with van der Waals surface area (Å²) in [6.45, 7) is -0.0800. The summed E-state index contributed by atoms with van der Waals surface area (Å²) in [5.41, 5.74) is 2.37. The molecule has 0 spiro atoms. The SMILES string of the molecule is O=C(Cn1ncc2c(=O)[nH]cnc21)Nc1ccc2c(c1)NC(=O)CC2. The van der Waals surface area contributed by atoms with Crippen LogP contribution >= 0.6 is 0 Å². The molecule has 9 heteroatoms. The molecular formula is C16H14N6O3. The topological polar surface area (TPSA) is 122 Å². The Kier molecular flexibility index (Phi) is 3.53. The van der Waals surface area contributed by atoms with Crippen LogP contribution < -0.4 is 16.2 Å². The van der Waals surface area contributed by atoms with Gasteiger partial charge >= 0.3 is 0 Å². The van der Waals surface area contributed by atoms with Crippen molar-refractivity contribution in [3.63, 3.8) is 0 Å². The van der Waals surface area contributed by atoms with Crippen LogP contribution in [-0.2, 0) is 22.6 Å². The largest absolute Gasteiger partial charge is 0.326 e. The number of H-pyrrole nitrogens is 1. The van der Waals surface area contributed by atoms with E-state index < -0.39 is 0 Å². The third kappa shape index (κ3) is 2.87. The second-order valence-electron chi connectivity index (χ2n) is 5.74. The molecule has 2 amide bonds. The molecule has 0 bridgehead atoms. The molecule has 0 radical (unpaired) electrons. The molecule has 4 rings (SSSR count). The number of carbonyl (C=O) groups is 2. The maximum atomic E-state index is 12.3. The van der Waals surface area contributed by atoms with Crippen molar-refractivity contribution in [1.29, 1.82) is 0 Å². The number of aryl methyl sites for hydroxylation is 1. The lowest BCUT2D eigenvalue weighted by atomic mass is 10.0. The number of amides is 2. The maximum Gasteiger partial charge on any atom is 0.261 e. The van der Waals surface area contributed by atoms with E-state index in [-0.39, 0.29) is 23.9 Å². The van der Waals surface area contributed by atoms with E-state index in [1.165, 1.54) is 17.2 Å². The Morgan fingerprint density at radius 1 is 1.28 bits per heavy atom. The highest BCUT2D eigenvalue weighted by molar-refractivity contribution is 5.96. The molecule has 25 heavy (non-hydrogen) atoms. The summed E-state index contributed by atoms with van der Waals surface area (Å²) in [6.07, 6.45) is 3.81. The number of anilines is 2. The maximum absolute atomic E-state index is 12.3. The third-order valence-electron chi connectivity index (χ3n) is 4.02. The van der Waals surface area contributed by atoms with Crippen LogP contribution in [0, 0.1) is 0 Å². The zero-order valence-corrected chi connectivity index (χ0v) is 13.1. The number of hydrogen-bond donors (Lipinski definition) is 3. The molecule has 3 N–H and O–H groups in total. The number of fused-ring (bicyclic) bond motifs is 2. The standard InChI is InChI=1S/C16H14N6O3/c23-13-4-2-9-1-3-10(5-12(9)21-13)20-14(24)7-22-15-11(6-19-22)16(25)18-8-17-15/h1,3,5-6,8H,2,4,7H2,(H,20,24)(H,21,23)(H,17,18,25). The van der Waals surface area contributed by atoms with Gasteiger partial charge in [0.1, 0.15) is 11.9 Å². The predicted octanol–water partition coefficient (Wildman–Crippen LogP) is 0.643. The Morgan fingerprint density at radius 2 is 2.16 bits per heavy atom. The van der Waals surface area contributed by atoms with Crippen LogP contribution in [-0.4, -0.2) is 31.6 Å². The first-order valence-electron chi connectivity index (χ1n) is 7.72. The summed E-state index contributed by atoms with van der Waals surface area (Å²) < 4.78 is 1.36. The van der Waals surface area contributed by atoms with Crippen molar-refractivity contribution in [1.82, 2.24) is 19.7 Å². The number of aromatic amines is 1. The summed E-state index contributed by atoms with van der Waals surface area (Å²) in [5.74, 6) is -0.343. The van der Waals surface area contributed by atoms with E-state index in [1.54, 1.807) is 12.1 Å². The molecule has 0 fully saturated rings. The molecule has 126 valence electrons. The Balaban J connectivity index is 1.52. The van der Waals surface area contributed by atoms with Gasteiger partial charge < -0.3 is 15.6 Å². The normalized spacial score (nSPS) is 13.4. The highest BCUT2D eigenvalue weighted by Gasteiger charge is 2.16. The van der Waals surface area contributed by atoms with E-state index in [2.05, 4.69) is 25.7 Å². The second kappa shape index (κ2) is 5.86. The van der Waals surface area contributed by atoms with Crippen LogP contribution in [0.1, 0.15) is 12.0 Å². The van der Waals surface area contributed by atoms with Crippen molar-refractivity contribution in [2.75, 3.05) is 10.6 Å². The first kappa shape index (κ1) is 15.1. The monoisotopic (exact) mass is 338 g/mol. The van der Waals surface area contributed by atoms with E-state index in [4.69, 9.17) is 0 Å². The fourth-order valence-electron chi connectivity index (χ4n) is 2.81.